The normalized spacial score (nSPS) is 11.4. The van der Waals surface area contributed by atoms with Crippen LogP contribution in [0.15, 0.2) is 139 Å². The quantitative estimate of drug-likeness (QED) is 0.169. The van der Waals surface area contributed by atoms with Crippen molar-refractivity contribution >= 4 is 35.9 Å². The van der Waals surface area contributed by atoms with E-state index in [2.05, 4.69) is 66.7 Å². The van der Waals surface area contributed by atoms with Gasteiger partial charge in [-0.05, 0) is 70.4 Å². The lowest BCUT2D eigenvalue weighted by Crippen LogP contribution is -2.22. The average Bonchev–Trinajstić information content (AvgIpc) is 2.99. The third-order valence-corrected chi connectivity index (χ3v) is 9.08. The lowest BCUT2D eigenvalue weighted by molar-refractivity contribution is -0.132. The van der Waals surface area contributed by atoms with Gasteiger partial charge in [-0.25, -0.2) is 4.79 Å². The molecule has 1 N–H and O–H groups in total. The Kier molecular flexibility index (Phi) is 8.31. The minimum atomic E-state index is -0.921. The highest BCUT2D eigenvalue weighted by atomic mass is 31.1. The predicted molar refractivity (Wildman–Crippen MR) is 163 cm³/mol. The van der Waals surface area contributed by atoms with Crippen LogP contribution >= 0.6 is 7.92 Å². The van der Waals surface area contributed by atoms with E-state index in [0.717, 1.165) is 28.0 Å². The number of carbonyl (C=O) groups is 1. The summed E-state index contributed by atoms with van der Waals surface area (Å²) in [6, 6.07) is 45.1. The first-order valence-electron chi connectivity index (χ1n) is 12.8. The van der Waals surface area contributed by atoms with Crippen molar-refractivity contribution < 1.29 is 14.6 Å². The summed E-state index contributed by atoms with van der Waals surface area (Å²) in [6.45, 7) is 0. The van der Waals surface area contributed by atoms with Crippen molar-refractivity contribution in [3.8, 4) is 16.9 Å². The van der Waals surface area contributed by atoms with E-state index in [1.165, 1.54) is 15.9 Å². The summed E-state index contributed by atoms with van der Waals surface area (Å²) in [5, 5.41) is 13.8. The van der Waals surface area contributed by atoms with Gasteiger partial charge in [-0.2, -0.15) is 0 Å². The van der Waals surface area contributed by atoms with Gasteiger partial charge in [0.25, 0.3) is 0 Å². The van der Waals surface area contributed by atoms with Gasteiger partial charge in [0.05, 0.1) is 7.11 Å². The highest BCUT2D eigenvalue weighted by molar-refractivity contribution is 7.80. The molecule has 4 heteroatoms. The van der Waals surface area contributed by atoms with E-state index in [0.29, 0.717) is 12.0 Å². The Morgan fingerprint density at radius 2 is 1.28 bits per heavy atom. The van der Waals surface area contributed by atoms with E-state index in [4.69, 9.17) is 4.74 Å². The van der Waals surface area contributed by atoms with Crippen molar-refractivity contribution in [2.75, 3.05) is 7.11 Å². The number of benzene rings is 5. The molecule has 5 aromatic carbocycles. The SMILES string of the molecule is COc1ccc(P(c2ccccc2)c2ccccc2)c(-c2ccccc2C/C(=C\c2ccccc2)C(=O)O)c1. The average molecular weight is 529 g/mol. The summed E-state index contributed by atoms with van der Waals surface area (Å²) in [4.78, 5) is 12.3. The second kappa shape index (κ2) is 12.4. The van der Waals surface area contributed by atoms with E-state index >= 15 is 0 Å². The van der Waals surface area contributed by atoms with E-state index < -0.39 is 13.9 Å². The highest BCUT2D eigenvalue weighted by Crippen LogP contribution is 2.39. The molecule has 0 radical (unpaired) electrons. The molecule has 192 valence electrons. The summed E-state index contributed by atoms with van der Waals surface area (Å²) < 4.78 is 5.66. The van der Waals surface area contributed by atoms with Crippen LogP contribution in [0.5, 0.6) is 5.75 Å². The predicted octanol–water partition coefficient (Wildman–Crippen LogP) is 6.83. The molecule has 5 aromatic rings. The van der Waals surface area contributed by atoms with Crippen molar-refractivity contribution in [2.24, 2.45) is 0 Å². The molecule has 3 nitrogen and oxygen atoms in total. The number of carboxylic acid groups (broad SMARTS) is 1. The maximum Gasteiger partial charge on any atom is 0.331 e. The molecule has 0 aliphatic carbocycles. The Bertz CT molecular complexity index is 1540. The number of hydrogen-bond donors (Lipinski definition) is 1. The molecule has 0 unspecified atom stereocenters. The Morgan fingerprint density at radius 1 is 0.718 bits per heavy atom. The van der Waals surface area contributed by atoms with Crippen LogP contribution in [0, 0.1) is 0 Å². The number of rotatable bonds is 9. The van der Waals surface area contributed by atoms with Crippen molar-refractivity contribution in [3.05, 3.63) is 150 Å². The molecule has 0 spiro atoms. The van der Waals surface area contributed by atoms with E-state index in [9.17, 15) is 9.90 Å². The molecule has 0 aliphatic rings. The van der Waals surface area contributed by atoms with Gasteiger partial charge >= 0.3 is 5.97 Å². The maximum atomic E-state index is 12.3. The zero-order chi connectivity index (χ0) is 27.0. The summed E-state index contributed by atoms with van der Waals surface area (Å²) in [6.07, 6.45) is 2.05. The molecular weight excluding hydrogens is 499 g/mol. The topological polar surface area (TPSA) is 46.5 Å². The van der Waals surface area contributed by atoms with Gasteiger partial charge in [0.1, 0.15) is 5.75 Å². The summed E-state index contributed by atoms with van der Waals surface area (Å²) in [5.74, 6) is -0.159. The minimum absolute atomic E-state index is 0.297. The molecule has 0 saturated heterocycles. The molecule has 0 aliphatic heterocycles. The Balaban J connectivity index is 1.67. The molecule has 0 heterocycles. The van der Waals surface area contributed by atoms with E-state index in [1.54, 1.807) is 13.2 Å². The molecule has 0 aromatic heterocycles. The van der Waals surface area contributed by atoms with E-state index in [1.807, 2.05) is 66.7 Å². The molecule has 0 fully saturated rings. The van der Waals surface area contributed by atoms with E-state index in [-0.39, 0.29) is 0 Å². The van der Waals surface area contributed by atoms with Crippen LogP contribution in [0.3, 0.4) is 0 Å². The van der Waals surface area contributed by atoms with Crippen molar-refractivity contribution in [2.45, 2.75) is 6.42 Å². The smallest absolute Gasteiger partial charge is 0.331 e. The summed E-state index contributed by atoms with van der Waals surface area (Å²) >= 11 is 0. The van der Waals surface area contributed by atoms with Crippen LogP contribution in [0.1, 0.15) is 11.1 Å². The second-order valence-electron chi connectivity index (χ2n) is 9.11. The van der Waals surface area contributed by atoms with Crippen molar-refractivity contribution in [1.82, 2.24) is 0 Å². The Morgan fingerprint density at radius 3 is 1.87 bits per heavy atom. The van der Waals surface area contributed by atoms with Crippen molar-refractivity contribution in [3.63, 3.8) is 0 Å². The number of ether oxygens (including phenoxy) is 1. The zero-order valence-electron chi connectivity index (χ0n) is 21.7. The number of methoxy groups -OCH3 is 1. The third kappa shape index (κ3) is 6.17. The number of hydrogen-bond acceptors (Lipinski definition) is 2. The van der Waals surface area contributed by atoms with Crippen LogP contribution in [-0.2, 0) is 11.2 Å². The molecular formula is C35H29O3P. The van der Waals surface area contributed by atoms with Gasteiger partial charge in [0.15, 0.2) is 0 Å². The summed E-state index contributed by atoms with van der Waals surface area (Å²) in [5.41, 5.74) is 4.21. The lowest BCUT2D eigenvalue weighted by Gasteiger charge is -2.24. The molecule has 0 saturated carbocycles. The van der Waals surface area contributed by atoms with Crippen LogP contribution in [0.2, 0.25) is 0 Å². The fourth-order valence-corrected chi connectivity index (χ4v) is 7.16. The van der Waals surface area contributed by atoms with Crippen LogP contribution in [0.4, 0.5) is 0 Å². The molecule has 0 amide bonds. The van der Waals surface area contributed by atoms with Gasteiger partial charge in [-0.3, -0.25) is 0 Å². The van der Waals surface area contributed by atoms with Gasteiger partial charge < -0.3 is 9.84 Å². The Hall–Kier alpha value is -4.46. The van der Waals surface area contributed by atoms with Crippen LogP contribution in [-0.4, -0.2) is 18.2 Å². The minimum Gasteiger partial charge on any atom is -0.497 e. The molecule has 0 bridgehead atoms. The summed E-state index contributed by atoms with van der Waals surface area (Å²) in [7, 11) is 0.794. The lowest BCUT2D eigenvalue weighted by atomic mass is 9.94. The van der Waals surface area contributed by atoms with Gasteiger partial charge in [-0.1, -0.05) is 115 Å². The number of carboxylic acids is 1. The first-order chi connectivity index (χ1) is 19.1. The maximum absolute atomic E-state index is 12.3. The molecule has 0 atom stereocenters. The standard InChI is InChI=1S/C35H29O3P/c1-38-29-21-22-34(39(30-16-7-3-8-17-30)31-18-9-4-10-19-31)33(25-29)32-20-12-11-15-27(32)24-28(35(36)37)23-26-13-5-2-6-14-26/h2-23,25H,24H2,1H3,(H,36,37)/b28-23+. The highest BCUT2D eigenvalue weighted by Gasteiger charge is 2.22. The molecule has 39 heavy (non-hydrogen) atoms. The fourth-order valence-electron chi connectivity index (χ4n) is 4.72. The monoisotopic (exact) mass is 528 g/mol. The van der Waals surface area contributed by atoms with Gasteiger partial charge in [0, 0.05) is 12.0 Å². The van der Waals surface area contributed by atoms with Gasteiger partial charge in [-0.15, -0.1) is 0 Å². The first-order valence-corrected chi connectivity index (χ1v) is 14.1. The first kappa shape index (κ1) is 26.2. The largest absolute Gasteiger partial charge is 0.497 e. The Labute approximate surface area is 230 Å². The van der Waals surface area contributed by atoms with Crippen LogP contribution in [0.25, 0.3) is 17.2 Å². The molecule has 5 rings (SSSR count). The zero-order valence-corrected chi connectivity index (χ0v) is 22.6. The van der Waals surface area contributed by atoms with Crippen LogP contribution < -0.4 is 20.7 Å². The van der Waals surface area contributed by atoms with Crippen molar-refractivity contribution in [1.29, 1.82) is 0 Å². The fraction of sp³-hybridized carbons (Fsp3) is 0.0571. The number of aliphatic carboxylic acids is 1. The third-order valence-electron chi connectivity index (χ3n) is 6.58. The second-order valence-corrected chi connectivity index (χ2v) is 11.3. The van der Waals surface area contributed by atoms with Gasteiger partial charge in [0.2, 0.25) is 0 Å².